The van der Waals surface area contributed by atoms with Crippen LogP contribution in [0, 0.1) is 0 Å². The van der Waals surface area contributed by atoms with Gasteiger partial charge in [0.25, 0.3) is 0 Å². The van der Waals surface area contributed by atoms with E-state index >= 15 is 0 Å². The van der Waals surface area contributed by atoms with Gasteiger partial charge in [0.05, 0.1) is 0 Å². The Bertz CT molecular complexity index is 349. The van der Waals surface area contributed by atoms with Crippen molar-refractivity contribution >= 4 is 8.25 Å². The highest BCUT2D eigenvalue weighted by atomic mass is 31.1. The van der Waals surface area contributed by atoms with Crippen molar-refractivity contribution in [2.24, 2.45) is 0 Å². The minimum Gasteiger partial charge on any atom is -0.133 e. The molecule has 0 radical (unpaired) electrons. The third kappa shape index (κ3) is 24.3. The van der Waals surface area contributed by atoms with E-state index in [1.165, 1.54) is 122 Å². The summed E-state index contributed by atoms with van der Waals surface area (Å²) < 4.78 is 16.4. The maximum absolute atomic E-state index is 11.1. The fourth-order valence-electron chi connectivity index (χ4n) is 4.27. The van der Waals surface area contributed by atoms with Crippen molar-refractivity contribution in [3.8, 4) is 0 Å². The minimum atomic E-state index is -2.47. The second-order valence-electron chi connectivity index (χ2n) is 9.26. The first-order valence-corrected chi connectivity index (χ1v) is 14.7. The molecule has 2 unspecified atom stereocenters. The van der Waals surface area contributed by atoms with Crippen LogP contribution >= 0.6 is 8.25 Å². The first kappa shape index (κ1) is 30.0. The largest absolute Gasteiger partial charge is 0.694 e. The van der Waals surface area contributed by atoms with Crippen LogP contribution in [0.4, 0.5) is 0 Å². The van der Waals surface area contributed by atoms with Crippen LogP contribution < -0.4 is 0 Å². The van der Waals surface area contributed by atoms with Gasteiger partial charge in [0.1, 0.15) is 6.10 Å². The molecule has 30 heavy (non-hydrogen) atoms. The molecule has 0 aromatic rings. The third-order valence-electron chi connectivity index (χ3n) is 6.25. The molecule has 0 aliphatic rings. The Labute approximate surface area is 190 Å². The van der Waals surface area contributed by atoms with Crippen molar-refractivity contribution in [3.63, 3.8) is 0 Å². The number of rotatable bonds is 25. The normalized spacial score (nSPS) is 13.0. The molecule has 0 fully saturated rings. The van der Waals surface area contributed by atoms with Crippen LogP contribution in [0.5, 0.6) is 0 Å². The predicted octanol–water partition coefficient (Wildman–Crippen LogP) is 10.0. The molecule has 180 valence electrons. The molecule has 0 amide bonds. The van der Waals surface area contributed by atoms with Crippen LogP contribution in [0.3, 0.4) is 0 Å². The average molecular weight is 446 g/mol. The standard InChI is InChI=1S/C26H53O3P/c1-3-5-7-9-11-13-15-17-19-21-23-25-26(29-30(27)28)24-22-20-18-16-14-12-10-8-6-4-2/h26H,3-25H2,1-2H3/p+1. The fourth-order valence-corrected chi connectivity index (χ4v) is 4.74. The van der Waals surface area contributed by atoms with Crippen molar-refractivity contribution in [2.75, 3.05) is 0 Å². The van der Waals surface area contributed by atoms with Gasteiger partial charge in [0.2, 0.25) is 0 Å². The van der Waals surface area contributed by atoms with Crippen molar-refractivity contribution in [1.29, 1.82) is 0 Å². The van der Waals surface area contributed by atoms with E-state index in [0.717, 1.165) is 25.7 Å². The molecule has 4 heteroatoms. The van der Waals surface area contributed by atoms with Crippen LogP contribution in [-0.2, 0) is 9.09 Å². The molecule has 1 N–H and O–H groups in total. The highest BCUT2D eigenvalue weighted by Gasteiger charge is 2.22. The van der Waals surface area contributed by atoms with Crippen molar-refractivity contribution in [2.45, 2.75) is 168 Å². The summed E-state index contributed by atoms with van der Waals surface area (Å²) in [5, 5.41) is 0. The molecule has 3 nitrogen and oxygen atoms in total. The monoisotopic (exact) mass is 445 g/mol. The second-order valence-corrected chi connectivity index (χ2v) is 9.95. The zero-order valence-corrected chi connectivity index (χ0v) is 21.4. The SMILES string of the molecule is CCCCCCCCCCCCCC(CCCCCCCCCCCC)O[P+](=O)O. The molecule has 2 atom stereocenters. The topological polar surface area (TPSA) is 46.5 Å². The lowest BCUT2D eigenvalue weighted by Crippen LogP contribution is -2.09. The van der Waals surface area contributed by atoms with Gasteiger partial charge in [-0.2, -0.15) is 0 Å². The van der Waals surface area contributed by atoms with Crippen LogP contribution in [-0.4, -0.2) is 11.0 Å². The lowest BCUT2D eigenvalue weighted by atomic mass is 10.0. The summed E-state index contributed by atoms with van der Waals surface area (Å²) in [6.45, 7) is 4.53. The van der Waals surface area contributed by atoms with Gasteiger partial charge in [-0.3, -0.25) is 0 Å². The van der Waals surface area contributed by atoms with Crippen LogP contribution in [0.2, 0.25) is 0 Å². The summed E-state index contributed by atoms with van der Waals surface area (Å²) in [6, 6.07) is 0. The Balaban J connectivity index is 3.55. The molecule has 0 heterocycles. The molecule has 0 saturated heterocycles. The smallest absolute Gasteiger partial charge is 0.133 e. The maximum Gasteiger partial charge on any atom is 0.694 e. The van der Waals surface area contributed by atoms with E-state index in [0.29, 0.717) is 0 Å². The molecule has 0 bridgehead atoms. The van der Waals surface area contributed by atoms with E-state index in [1.54, 1.807) is 0 Å². The van der Waals surface area contributed by atoms with Crippen molar-refractivity contribution in [1.82, 2.24) is 0 Å². The highest BCUT2D eigenvalue weighted by molar-refractivity contribution is 7.32. The van der Waals surface area contributed by atoms with Gasteiger partial charge in [-0.05, 0) is 12.8 Å². The number of hydrogen-bond donors (Lipinski definition) is 1. The summed E-state index contributed by atoms with van der Waals surface area (Å²) in [7, 11) is -2.47. The lowest BCUT2D eigenvalue weighted by molar-refractivity contribution is 0.162. The van der Waals surface area contributed by atoms with Crippen LogP contribution in [0.15, 0.2) is 0 Å². The Morgan fingerprint density at radius 3 is 1.07 bits per heavy atom. The minimum absolute atomic E-state index is 0.0220. The van der Waals surface area contributed by atoms with E-state index in [1.807, 2.05) is 0 Å². The molecule has 0 rings (SSSR count). The predicted molar refractivity (Wildman–Crippen MR) is 132 cm³/mol. The Morgan fingerprint density at radius 2 is 0.800 bits per heavy atom. The van der Waals surface area contributed by atoms with Gasteiger partial charge in [0, 0.05) is 4.57 Å². The van der Waals surface area contributed by atoms with E-state index in [9.17, 15) is 4.57 Å². The highest BCUT2D eigenvalue weighted by Crippen LogP contribution is 2.25. The summed E-state index contributed by atoms with van der Waals surface area (Å²) >= 11 is 0. The van der Waals surface area contributed by atoms with Gasteiger partial charge in [-0.25, -0.2) is 0 Å². The van der Waals surface area contributed by atoms with Gasteiger partial charge in [0.15, 0.2) is 0 Å². The molecular formula is C26H54O3P+. The van der Waals surface area contributed by atoms with Gasteiger partial charge < -0.3 is 0 Å². The van der Waals surface area contributed by atoms with Gasteiger partial charge >= 0.3 is 8.25 Å². The molecule has 0 aliphatic carbocycles. The molecule has 0 aromatic heterocycles. The lowest BCUT2D eigenvalue weighted by Gasteiger charge is -2.10. The Kier molecular flexibility index (Phi) is 25.3. The van der Waals surface area contributed by atoms with Crippen LogP contribution in [0.1, 0.15) is 162 Å². The molecule has 0 aromatic carbocycles. The Hall–Kier alpha value is 0.0200. The summed E-state index contributed by atoms with van der Waals surface area (Å²) in [6.07, 6.45) is 29.8. The average Bonchev–Trinajstić information content (AvgIpc) is 2.72. The molecular weight excluding hydrogens is 391 g/mol. The summed E-state index contributed by atoms with van der Waals surface area (Å²) in [4.78, 5) is 9.15. The molecule has 0 saturated carbocycles. The zero-order chi connectivity index (χ0) is 22.1. The molecule has 0 aliphatic heterocycles. The molecule has 0 spiro atoms. The first-order chi connectivity index (χ1) is 14.7. The van der Waals surface area contributed by atoms with E-state index in [2.05, 4.69) is 13.8 Å². The van der Waals surface area contributed by atoms with Crippen molar-refractivity contribution < 1.29 is 14.0 Å². The summed E-state index contributed by atoms with van der Waals surface area (Å²) in [5.74, 6) is 0. The maximum atomic E-state index is 11.1. The van der Waals surface area contributed by atoms with Gasteiger partial charge in [-0.1, -0.05) is 149 Å². The fraction of sp³-hybridized carbons (Fsp3) is 1.00. The summed E-state index contributed by atoms with van der Waals surface area (Å²) in [5.41, 5.74) is 0. The second kappa shape index (κ2) is 25.3. The van der Waals surface area contributed by atoms with Crippen molar-refractivity contribution in [3.05, 3.63) is 0 Å². The number of unbranched alkanes of at least 4 members (excludes halogenated alkanes) is 19. The van der Waals surface area contributed by atoms with Crippen LogP contribution in [0.25, 0.3) is 0 Å². The number of hydrogen-bond acceptors (Lipinski definition) is 2. The quantitative estimate of drug-likeness (QED) is 0.112. The third-order valence-corrected chi connectivity index (χ3v) is 6.73. The van der Waals surface area contributed by atoms with E-state index in [4.69, 9.17) is 9.42 Å². The van der Waals surface area contributed by atoms with Gasteiger partial charge in [-0.15, -0.1) is 9.42 Å². The first-order valence-electron chi connectivity index (χ1n) is 13.5. The zero-order valence-electron chi connectivity index (χ0n) is 20.6. The Morgan fingerprint density at radius 1 is 0.533 bits per heavy atom. The van der Waals surface area contributed by atoms with E-state index in [-0.39, 0.29) is 6.10 Å². The van der Waals surface area contributed by atoms with E-state index < -0.39 is 8.25 Å².